The smallest absolute Gasteiger partial charge is 0.0659 e. The van der Waals surface area contributed by atoms with Gasteiger partial charge in [-0.3, -0.25) is 0 Å². The quantitative estimate of drug-likeness (QED) is 0.451. The summed E-state index contributed by atoms with van der Waals surface area (Å²) in [6, 6.07) is 2.28. The highest BCUT2D eigenvalue weighted by Crippen LogP contribution is 2.21. The second-order valence-corrected chi connectivity index (χ2v) is 2.65. The first-order valence-corrected chi connectivity index (χ1v) is 3.38. The van der Waals surface area contributed by atoms with Gasteiger partial charge in [-0.25, -0.2) is 0 Å². The molecule has 1 aliphatic carbocycles. The van der Waals surface area contributed by atoms with Crippen molar-refractivity contribution in [2.45, 2.75) is 26.2 Å². The Morgan fingerprint density at radius 2 is 2.56 bits per heavy atom. The minimum Gasteiger partial charge on any atom is -0.198 e. The lowest BCUT2D eigenvalue weighted by molar-refractivity contribution is 0.579. The van der Waals surface area contributed by atoms with Gasteiger partial charge >= 0.3 is 0 Å². The first-order chi connectivity index (χ1) is 4.33. The molecule has 0 N–H and O–H groups in total. The molecular formula is C8H11N. The summed E-state index contributed by atoms with van der Waals surface area (Å²) in [6.45, 7) is 2.13. The summed E-state index contributed by atoms with van der Waals surface area (Å²) in [7, 11) is 0. The predicted octanol–water partition coefficient (Wildman–Crippen LogP) is 2.26. The van der Waals surface area contributed by atoms with E-state index in [0.29, 0.717) is 5.92 Å². The summed E-state index contributed by atoms with van der Waals surface area (Å²) >= 11 is 0. The minimum absolute atomic E-state index is 0.300. The molecule has 1 aliphatic rings. The predicted molar refractivity (Wildman–Crippen MR) is 36.7 cm³/mol. The maximum absolute atomic E-state index is 8.50. The highest BCUT2D eigenvalue weighted by atomic mass is 14.3. The van der Waals surface area contributed by atoms with Crippen molar-refractivity contribution in [2.24, 2.45) is 5.92 Å². The maximum Gasteiger partial charge on any atom is 0.0659 e. The molecule has 1 atom stereocenters. The second kappa shape index (κ2) is 2.68. The molecule has 1 nitrogen and oxygen atoms in total. The van der Waals surface area contributed by atoms with Gasteiger partial charge in [-0.15, -0.1) is 0 Å². The Morgan fingerprint density at radius 3 is 3.00 bits per heavy atom. The molecule has 48 valence electrons. The standard InChI is InChI=1S/C8H11N/c1-7-2-4-8(6-9)5-3-7/h2,8H,3-5H2,1H3/t8-/m1/s1. The van der Waals surface area contributed by atoms with Crippen molar-refractivity contribution in [3.8, 4) is 6.07 Å². The van der Waals surface area contributed by atoms with Crippen LogP contribution in [0.5, 0.6) is 0 Å². The van der Waals surface area contributed by atoms with Crippen LogP contribution in [0, 0.1) is 17.2 Å². The Bertz CT molecular complexity index is 162. The van der Waals surface area contributed by atoms with Gasteiger partial charge in [0.15, 0.2) is 0 Å². The highest BCUT2D eigenvalue weighted by molar-refractivity contribution is 5.06. The second-order valence-electron chi connectivity index (χ2n) is 2.65. The average Bonchev–Trinajstić information content (AvgIpc) is 1.90. The molecule has 0 saturated heterocycles. The Labute approximate surface area is 56.0 Å². The van der Waals surface area contributed by atoms with Gasteiger partial charge in [0.1, 0.15) is 0 Å². The molecule has 9 heavy (non-hydrogen) atoms. The molecule has 0 spiro atoms. The number of hydrogen-bond donors (Lipinski definition) is 0. The van der Waals surface area contributed by atoms with Crippen LogP contribution in [0.1, 0.15) is 26.2 Å². The van der Waals surface area contributed by atoms with E-state index in [-0.39, 0.29) is 0 Å². The van der Waals surface area contributed by atoms with Crippen LogP contribution in [0.15, 0.2) is 11.6 Å². The van der Waals surface area contributed by atoms with Gasteiger partial charge in [-0.2, -0.15) is 5.26 Å². The largest absolute Gasteiger partial charge is 0.198 e. The summed E-state index contributed by atoms with van der Waals surface area (Å²) in [5.41, 5.74) is 1.45. The molecule has 0 bridgehead atoms. The number of hydrogen-bond acceptors (Lipinski definition) is 1. The van der Waals surface area contributed by atoms with E-state index in [1.807, 2.05) is 0 Å². The normalized spacial score (nSPS) is 26.7. The summed E-state index contributed by atoms with van der Waals surface area (Å²) in [5, 5.41) is 8.50. The Morgan fingerprint density at radius 1 is 1.78 bits per heavy atom. The van der Waals surface area contributed by atoms with Gasteiger partial charge in [0.2, 0.25) is 0 Å². The molecule has 0 aromatic rings. The molecule has 0 aromatic carbocycles. The number of allylic oxidation sites excluding steroid dienone is 2. The summed E-state index contributed by atoms with van der Waals surface area (Å²) in [6.07, 6.45) is 5.34. The minimum atomic E-state index is 0.300. The fourth-order valence-electron chi connectivity index (χ4n) is 1.08. The van der Waals surface area contributed by atoms with E-state index in [1.54, 1.807) is 0 Å². The highest BCUT2D eigenvalue weighted by Gasteiger charge is 2.09. The number of nitrogens with zero attached hydrogens (tertiary/aromatic N) is 1. The van der Waals surface area contributed by atoms with Crippen LogP contribution in [0.25, 0.3) is 0 Å². The topological polar surface area (TPSA) is 23.8 Å². The Balaban J connectivity index is 2.48. The van der Waals surface area contributed by atoms with Crippen LogP contribution >= 0.6 is 0 Å². The van der Waals surface area contributed by atoms with Crippen molar-refractivity contribution in [3.05, 3.63) is 11.6 Å². The SMILES string of the molecule is CC1=CC[C@@H](C#N)CC1. The van der Waals surface area contributed by atoms with Gasteiger partial charge < -0.3 is 0 Å². The van der Waals surface area contributed by atoms with Gasteiger partial charge in [0, 0.05) is 0 Å². The number of nitriles is 1. The van der Waals surface area contributed by atoms with Crippen molar-refractivity contribution in [2.75, 3.05) is 0 Å². The fourth-order valence-corrected chi connectivity index (χ4v) is 1.08. The van der Waals surface area contributed by atoms with Crippen LogP contribution in [-0.2, 0) is 0 Å². The molecule has 0 radical (unpaired) electrons. The molecule has 0 unspecified atom stereocenters. The van der Waals surface area contributed by atoms with Crippen LogP contribution in [0.4, 0.5) is 0 Å². The van der Waals surface area contributed by atoms with Crippen molar-refractivity contribution < 1.29 is 0 Å². The summed E-state index contributed by atoms with van der Waals surface area (Å²) in [4.78, 5) is 0. The lowest BCUT2D eigenvalue weighted by Crippen LogP contribution is -2.00. The summed E-state index contributed by atoms with van der Waals surface area (Å²) in [5.74, 6) is 0.300. The maximum atomic E-state index is 8.50. The van der Waals surface area contributed by atoms with Crippen LogP contribution in [-0.4, -0.2) is 0 Å². The molecule has 1 rings (SSSR count). The zero-order chi connectivity index (χ0) is 6.69. The van der Waals surface area contributed by atoms with E-state index < -0.39 is 0 Å². The van der Waals surface area contributed by atoms with Crippen LogP contribution < -0.4 is 0 Å². The molecule has 0 fully saturated rings. The van der Waals surface area contributed by atoms with E-state index in [2.05, 4.69) is 19.1 Å². The molecule has 0 amide bonds. The molecule has 0 heterocycles. The number of rotatable bonds is 0. The van der Waals surface area contributed by atoms with Crippen molar-refractivity contribution >= 4 is 0 Å². The first kappa shape index (κ1) is 6.35. The van der Waals surface area contributed by atoms with E-state index in [0.717, 1.165) is 19.3 Å². The lowest BCUT2D eigenvalue weighted by Gasteiger charge is -2.12. The van der Waals surface area contributed by atoms with Crippen LogP contribution in [0.2, 0.25) is 0 Å². The summed E-state index contributed by atoms with van der Waals surface area (Å²) < 4.78 is 0. The van der Waals surface area contributed by atoms with Crippen molar-refractivity contribution in [1.82, 2.24) is 0 Å². The Kier molecular flexibility index (Phi) is 1.89. The van der Waals surface area contributed by atoms with Crippen molar-refractivity contribution in [3.63, 3.8) is 0 Å². The zero-order valence-electron chi connectivity index (χ0n) is 5.72. The Hall–Kier alpha value is -0.770. The van der Waals surface area contributed by atoms with E-state index in [1.165, 1.54) is 5.57 Å². The fraction of sp³-hybridized carbons (Fsp3) is 0.625. The molecular weight excluding hydrogens is 110 g/mol. The third kappa shape index (κ3) is 1.57. The third-order valence-electron chi connectivity index (χ3n) is 1.82. The van der Waals surface area contributed by atoms with Gasteiger partial charge in [0.05, 0.1) is 12.0 Å². The third-order valence-corrected chi connectivity index (χ3v) is 1.82. The zero-order valence-corrected chi connectivity index (χ0v) is 5.72. The molecule has 0 aliphatic heterocycles. The molecule has 1 heteroatoms. The first-order valence-electron chi connectivity index (χ1n) is 3.38. The van der Waals surface area contributed by atoms with Crippen molar-refractivity contribution in [1.29, 1.82) is 5.26 Å². The molecule has 0 aromatic heterocycles. The monoisotopic (exact) mass is 121 g/mol. The average molecular weight is 121 g/mol. The van der Waals surface area contributed by atoms with Gasteiger partial charge in [0.25, 0.3) is 0 Å². The van der Waals surface area contributed by atoms with Gasteiger partial charge in [-0.1, -0.05) is 11.6 Å². The van der Waals surface area contributed by atoms with E-state index >= 15 is 0 Å². The van der Waals surface area contributed by atoms with E-state index in [4.69, 9.17) is 5.26 Å². The van der Waals surface area contributed by atoms with E-state index in [9.17, 15) is 0 Å². The van der Waals surface area contributed by atoms with Gasteiger partial charge in [-0.05, 0) is 26.2 Å². The van der Waals surface area contributed by atoms with Crippen LogP contribution in [0.3, 0.4) is 0 Å². The molecule has 0 saturated carbocycles. The lowest BCUT2D eigenvalue weighted by atomic mass is 9.92.